The van der Waals surface area contributed by atoms with E-state index in [1.165, 1.54) is 7.07 Å². The van der Waals surface area contributed by atoms with Crippen molar-refractivity contribution in [3.8, 4) is 11.1 Å². The number of rotatable bonds is 15. The third-order valence-electron chi connectivity index (χ3n) is 6.66. The van der Waals surface area contributed by atoms with E-state index in [0.717, 1.165) is 41.5 Å². The Morgan fingerprint density at radius 3 is 2.51 bits per heavy atom. The van der Waals surface area contributed by atoms with Crippen LogP contribution in [-0.2, 0) is 19.1 Å². The van der Waals surface area contributed by atoms with Crippen molar-refractivity contribution in [3.63, 3.8) is 0 Å². The van der Waals surface area contributed by atoms with Gasteiger partial charge in [0.15, 0.2) is 0 Å². The van der Waals surface area contributed by atoms with E-state index in [9.17, 15) is 19.2 Å². The van der Waals surface area contributed by atoms with Crippen LogP contribution in [0.2, 0.25) is 6.32 Å². The topological polar surface area (TPSA) is 114 Å². The van der Waals surface area contributed by atoms with E-state index in [4.69, 9.17) is 4.74 Å². The predicted molar refractivity (Wildman–Crippen MR) is 157 cm³/mol. The number of hydrogen-bond acceptors (Lipinski definition) is 6. The zero-order valence-corrected chi connectivity index (χ0v) is 23.9. The number of benzene rings is 2. The number of ether oxygens (including phenoxy) is 1. The molecule has 2 atom stereocenters. The van der Waals surface area contributed by atoms with E-state index in [1.807, 2.05) is 43.3 Å². The summed E-state index contributed by atoms with van der Waals surface area (Å²) < 4.78 is 9.34. The molecule has 0 saturated heterocycles. The Morgan fingerprint density at radius 2 is 1.77 bits per heavy atom. The number of fused-ring (bicyclic) bond motifs is 3. The fourth-order valence-corrected chi connectivity index (χ4v) is 4.82. The fraction of sp³-hybridized carbons (Fsp3) is 0.448. The second-order valence-corrected chi connectivity index (χ2v) is 9.92. The van der Waals surface area contributed by atoms with Gasteiger partial charge in [0, 0.05) is 13.0 Å². The van der Waals surface area contributed by atoms with Crippen molar-refractivity contribution in [2.75, 3.05) is 18.5 Å². The Morgan fingerprint density at radius 1 is 0.974 bits per heavy atom. The number of anilines is 1. The van der Waals surface area contributed by atoms with Crippen molar-refractivity contribution in [2.45, 2.75) is 71.0 Å². The molecule has 10 heteroatoms. The minimum absolute atomic E-state index is 0.0504. The monoisotopic (exact) mass is 549 g/mol. The summed E-state index contributed by atoms with van der Waals surface area (Å²) in [6.45, 7) is 4.79. The molecular formula is C29H37BN3O5P. The standard InChI is InChI=1S/C29H37BN3O5P/c1-3-5-10-25(34)22-9-6-8-20-24(18-38-28(37)17-30-33-39)23-16-19(13-14-21(23)29(20)22)32-27(36)12-7-11-26(35)31-15-4-2/h6,8-9,13-14,16,24H,3-5,7,10-12,15,17-18,39H2,1-2H3,(H,31,35)(H,32,36). The quantitative estimate of drug-likeness (QED) is 0.133. The third kappa shape index (κ3) is 8.40. The molecule has 2 aromatic carbocycles. The van der Waals surface area contributed by atoms with E-state index >= 15 is 0 Å². The second-order valence-electron chi connectivity index (χ2n) is 9.62. The molecular weight excluding hydrogens is 512 g/mol. The van der Waals surface area contributed by atoms with Crippen LogP contribution in [0.5, 0.6) is 0 Å². The second kappa shape index (κ2) is 15.4. The van der Waals surface area contributed by atoms with Crippen molar-refractivity contribution in [1.82, 2.24) is 5.32 Å². The maximum absolute atomic E-state index is 13.1. The van der Waals surface area contributed by atoms with E-state index in [-0.39, 0.29) is 48.8 Å². The van der Waals surface area contributed by atoms with Crippen molar-refractivity contribution in [1.29, 1.82) is 0 Å². The van der Waals surface area contributed by atoms with Gasteiger partial charge in [-0.3, -0.25) is 4.79 Å². The summed E-state index contributed by atoms with van der Waals surface area (Å²) in [5.41, 5.74) is 4.89. The van der Waals surface area contributed by atoms with Gasteiger partial charge < -0.3 is 5.32 Å². The van der Waals surface area contributed by atoms with Crippen molar-refractivity contribution in [3.05, 3.63) is 53.1 Å². The van der Waals surface area contributed by atoms with Crippen LogP contribution in [0.15, 0.2) is 41.1 Å². The van der Waals surface area contributed by atoms with E-state index in [0.29, 0.717) is 37.1 Å². The Labute approximate surface area is 233 Å². The molecule has 0 radical (unpaired) electrons. The zero-order valence-electron chi connectivity index (χ0n) is 22.8. The molecule has 8 nitrogen and oxygen atoms in total. The Balaban J connectivity index is 1.82. The van der Waals surface area contributed by atoms with Crippen LogP contribution in [0.25, 0.3) is 11.1 Å². The van der Waals surface area contributed by atoms with Crippen LogP contribution < -0.4 is 10.6 Å². The molecule has 1 aliphatic carbocycles. The molecule has 206 valence electrons. The zero-order chi connectivity index (χ0) is 28.2. The number of amides is 2. The molecule has 3 rings (SSSR count). The number of nitrogens with zero attached hydrogens (tertiary/aromatic N) is 1. The van der Waals surface area contributed by atoms with E-state index in [2.05, 4.69) is 31.6 Å². The van der Waals surface area contributed by atoms with Crippen molar-refractivity contribution in [2.24, 2.45) is 4.67 Å². The number of Topliss-reactive ketones (excluding diaryl/α,β-unsaturated/α-hetero) is 1. The number of nitrogens with one attached hydrogen (secondary N) is 2. The molecule has 0 saturated carbocycles. The fourth-order valence-electron chi connectivity index (χ4n) is 4.72. The molecule has 0 bridgehead atoms. The van der Waals surface area contributed by atoms with E-state index in [1.54, 1.807) is 0 Å². The molecule has 0 aromatic heterocycles. The van der Waals surface area contributed by atoms with Crippen LogP contribution in [0, 0.1) is 0 Å². The van der Waals surface area contributed by atoms with E-state index < -0.39 is 0 Å². The van der Waals surface area contributed by atoms with Gasteiger partial charge in [-0.05, 0) is 6.42 Å². The first-order valence-corrected chi connectivity index (χ1v) is 14.1. The van der Waals surface area contributed by atoms with Gasteiger partial charge in [-0.1, -0.05) is 13.8 Å². The molecule has 2 unspecified atom stereocenters. The SMILES string of the molecule is CCCCC(=O)c1cccc2c1-c1ccc(NC(=O)CCCC(=O)NCCC)cc1C2COC(=O)CB=NP. The minimum atomic E-state index is -0.390. The van der Waals surface area contributed by atoms with Gasteiger partial charge in [0.2, 0.25) is 5.91 Å². The summed E-state index contributed by atoms with van der Waals surface area (Å²) in [6, 6.07) is 11.3. The number of carbonyl (C=O) groups is 4. The number of esters is 1. The van der Waals surface area contributed by atoms with Crippen molar-refractivity contribution < 1.29 is 23.9 Å². The molecule has 2 aromatic rings. The van der Waals surface area contributed by atoms with Crippen LogP contribution >= 0.6 is 9.39 Å². The van der Waals surface area contributed by atoms with Gasteiger partial charge in [-0.15, -0.1) is 0 Å². The van der Waals surface area contributed by atoms with Gasteiger partial charge in [-0.25, -0.2) is 0 Å². The van der Waals surface area contributed by atoms with Crippen molar-refractivity contribution >= 4 is 45.7 Å². The van der Waals surface area contributed by atoms with Gasteiger partial charge in [0.05, 0.1) is 0 Å². The van der Waals surface area contributed by atoms with Crippen LogP contribution in [-0.4, -0.2) is 43.8 Å². The Bertz CT molecular complexity index is 1230. The molecule has 0 heterocycles. The van der Waals surface area contributed by atoms with Gasteiger partial charge in [0.25, 0.3) is 0 Å². The number of ketones is 1. The van der Waals surface area contributed by atoms with Gasteiger partial charge in [0.1, 0.15) is 0 Å². The van der Waals surface area contributed by atoms with Crippen LogP contribution in [0.4, 0.5) is 5.69 Å². The van der Waals surface area contributed by atoms with Crippen LogP contribution in [0.1, 0.15) is 86.2 Å². The Hall–Kier alpha value is -3.19. The summed E-state index contributed by atoms with van der Waals surface area (Å²) in [7, 11) is 3.65. The summed E-state index contributed by atoms with van der Waals surface area (Å²) in [5.74, 6) is -0.799. The third-order valence-corrected chi connectivity index (χ3v) is 6.87. The summed E-state index contributed by atoms with van der Waals surface area (Å²) in [5, 5.41) is 5.74. The summed E-state index contributed by atoms with van der Waals surface area (Å²) in [6.07, 6.45) is 4.15. The maximum atomic E-state index is 13.1. The molecule has 0 aliphatic heterocycles. The molecule has 2 amide bonds. The molecule has 2 N–H and O–H groups in total. The van der Waals surface area contributed by atoms with Gasteiger partial charge in [-0.2, -0.15) is 0 Å². The average Bonchev–Trinajstić information content (AvgIpc) is 3.25. The molecule has 1 aliphatic rings. The molecule has 0 spiro atoms. The number of carbonyl (C=O) groups excluding carboxylic acids is 4. The molecule has 0 fully saturated rings. The summed E-state index contributed by atoms with van der Waals surface area (Å²) >= 11 is 0. The normalized spacial score (nSPS) is 13.4. The summed E-state index contributed by atoms with van der Waals surface area (Å²) in [4.78, 5) is 49.7. The first-order valence-electron chi connectivity index (χ1n) is 13.6. The van der Waals surface area contributed by atoms with Gasteiger partial charge >= 0.3 is 184 Å². The number of hydrogen-bond donors (Lipinski definition) is 2. The van der Waals surface area contributed by atoms with Crippen LogP contribution in [0.3, 0.4) is 0 Å². The average molecular weight is 549 g/mol. The first-order chi connectivity index (χ1) is 18.9. The Kier molecular flexibility index (Phi) is 12.0. The predicted octanol–water partition coefficient (Wildman–Crippen LogP) is 5.45. The molecule has 39 heavy (non-hydrogen) atoms. The first kappa shape index (κ1) is 30.4. The number of unbranched alkanes of at least 4 members (excludes halogenated alkanes) is 1.